The lowest BCUT2D eigenvalue weighted by atomic mass is 10.1. The van der Waals surface area contributed by atoms with Crippen LogP contribution >= 0.6 is 11.6 Å². The number of carbonyl (C=O) groups excluding carboxylic acids is 2. The molecule has 30 heavy (non-hydrogen) atoms. The van der Waals surface area contributed by atoms with Crippen molar-refractivity contribution in [3.63, 3.8) is 0 Å². The van der Waals surface area contributed by atoms with Crippen molar-refractivity contribution < 1.29 is 18.7 Å². The Morgan fingerprint density at radius 2 is 1.90 bits per heavy atom. The van der Waals surface area contributed by atoms with Crippen LogP contribution in [0.15, 0.2) is 42.5 Å². The van der Waals surface area contributed by atoms with E-state index in [0.717, 1.165) is 38.0 Å². The summed E-state index contributed by atoms with van der Waals surface area (Å²) in [6, 6.07) is 11.4. The molecule has 2 aromatic rings. The first-order chi connectivity index (χ1) is 14.5. The number of hydrogen-bond donors (Lipinski definition) is 1. The number of halogens is 2. The number of benzene rings is 2. The highest BCUT2D eigenvalue weighted by atomic mass is 35.5. The summed E-state index contributed by atoms with van der Waals surface area (Å²) in [7, 11) is 0. The number of rotatable bonds is 4. The van der Waals surface area contributed by atoms with E-state index in [1.165, 1.54) is 18.2 Å². The average molecular weight is 432 g/mol. The molecule has 0 unspecified atom stereocenters. The first kappa shape index (κ1) is 20.5. The van der Waals surface area contributed by atoms with Crippen LogP contribution in [-0.2, 0) is 9.59 Å². The Balaban J connectivity index is 1.48. The number of likely N-dealkylation sites (tertiary alicyclic amines) is 1. The summed E-state index contributed by atoms with van der Waals surface area (Å²) in [6.45, 7) is 1.79. The number of fused-ring (bicyclic) bond motifs is 1. The van der Waals surface area contributed by atoms with Gasteiger partial charge in [-0.2, -0.15) is 0 Å². The maximum Gasteiger partial charge on any atom is 0.265 e. The van der Waals surface area contributed by atoms with Gasteiger partial charge in [-0.05, 0) is 49.6 Å². The molecular weight excluding hydrogens is 409 g/mol. The van der Waals surface area contributed by atoms with Crippen molar-refractivity contribution in [2.24, 2.45) is 0 Å². The fraction of sp³-hybridized carbons (Fsp3) is 0.364. The number of ether oxygens (including phenoxy) is 1. The van der Waals surface area contributed by atoms with E-state index in [1.807, 2.05) is 28.0 Å². The molecule has 1 fully saturated rings. The molecule has 2 amide bonds. The van der Waals surface area contributed by atoms with Crippen molar-refractivity contribution in [1.82, 2.24) is 4.90 Å². The van der Waals surface area contributed by atoms with Gasteiger partial charge in [0.05, 0.1) is 23.8 Å². The standard InChI is InChI=1S/C22H23ClFN3O3/c23-16-12-15(8-9-17(16)24)25-21(28)14-27-13-20(22(29)26-10-4-1-5-11-26)30-19-7-3-2-6-18(19)27/h2-3,6-9,12,20H,1,4-5,10-11,13-14H2,(H,25,28)/t20-/m1/s1. The quantitative estimate of drug-likeness (QED) is 0.801. The van der Waals surface area contributed by atoms with Crippen LogP contribution in [0, 0.1) is 5.82 Å². The summed E-state index contributed by atoms with van der Waals surface area (Å²) in [4.78, 5) is 29.3. The molecule has 2 aliphatic rings. The predicted octanol–water partition coefficient (Wildman–Crippen LogP) is 3.70. The molecule has 2 aliphatic heterocycles. The van der Waals surface area contributed by atoms with E-state index in [2.05, 4.69) is 5.32 Å². The van der Waals surface area contributed by atoms with Gasteiger partial charge in [0, 0.05) is 18.8 Å². The van der Waals surface area contributed by atoms with Crippen LogP contribution in [0.5, 0.6) is 5.75 Å². The van der Waals surface area contributed by atoms with E-state index in [1.54, 1.807) is 6.07 Å². The number of carbonyl (C=O) groups is 2. The number of amides is 2. The van der Waals surface area contributed by atoms with E-state index in [-0.39, 0.29) is 29.9 Å². The van der Waals surface area contributed by atoms with E-state index in [9.17, 15) is 14.0 Å². The molecule has 1 atom stereocenters. The minimum atomic E-state index is -0.661. The van der Waals surface area contributed by atoms with Gasteiger partial charge in [-0.3, -0.25) is 9.59 Å². The summed E-state index contributed by atoms with van der Waals surface area (Å²) >= 11 is 5.79. The molecule has 8 heteroatoms. The summed E-state index contributed by atoms with van der Waals surface area (Å²) in [5, 5.41) is 2.67. The summed E-state index contributed by atoms with van der Waals surface area (Å²) in [5.74, 6) is -0.300. The molecule has 0 spiro atoms. The number of anilines is 2. The molecular formula is C22H23ClFN3O3. The van der Waals surface area contributed by atoms with Gasteiger partial charge < -0.3 is 19.9 Å². The molecule has 4 rings (SSSR count). The first-order valence-corrected chi connectivity index (χ1v) is 10.4. The van der Waals surface area contributed by atoms with Gasteiger partial charge in [0.15, 0.2) is 6.10 Å². The van der Waals surface area contributed by atoms with Crippen molar-refractivity contribution in [1.29, 1.82) is 0 Å². The van der Waals surface area contributed by atoms with Crippen molar-refractivity contribution >= 4 is 34.8 Å². The van der Waals surface area contributed by atoms with Gasteiger partial charge in [0.25, 0.3) is 5.91 Å². The number of hydrogen-bond acceptors (Lipinski definition) is 4. The molecule has 2 aromatic carbocycles. The normalized spacial score (nSPS) is 18.4. The highest BCUT2D eigenvalue weighted by Crippen LogP contribution is 2.33. The van der Waals surface area contributed by atoms with Crippen LogP contribution in [0.2, 0.25) is 5.02 Å². The van der Waals surface area contributed by atoms with Gasteiger partial charge >= 0.3 is 0 Å². The van der Waals surface area contributed by atoms with Crippen molar-refractivity contribution in [2.75, 3.05) is 36.4 Å². The molecule has 0 saturated carbocycles. The van der Waals surface area contributed by atoms with Crippen LogP contribution in [0.25, 0.3) is 0 Å². The van der Waals surface area contributed by atoms with Crippen LogP contribution in [-0.4, -0.2) is 49.0 Å². The van der Waals surface area contributed by atoms with E-state index < -0.39 is 11.9 Å². The zero-order valence-electron chi connectivity index (χ0n) is 16.4. The number of nitrogens with zero attached hydrogens (tertiary/aromatic N) is 2. The molecule has 6 nitrogen and oxygen atoms in total. The second kappa shape index (κ2) is 8.92. The summed E-state index contributed by atoms with van der Waals surface area (Å²) < 4.78 is 19.3. The fourth-order valence-electron chi connectivity index (χ4n) is 3.85. The molecule has 1 saturated heterocycles. The Hall–Kier alpha value is -2.80. The molecule has 158 valence electrons. The van der Waals surface area contributed by atoms with Gasteiger partial charge in [-0.1, -0.05) is 23.7 Å². The second-order valence-electron chi connectivity index (χ2n) is 7.52. The number of nitrogens with one attached hydrogen (secondary N) is 1. The molecule has 0 aliphatic carbocycles. The lowest BCUT2D eigenvalue weighted by Crippen LogP contribution is -2.52. The third-order valence-corrected chi connectivity index (χ3v) is 5.63. The van der Waals surface area contributed by atoms with Crippen molar-refractivity contribution in [3.8, 4) is 5.75 Å². The zero-order chi connectivity index (χ0) is 21.1. The number of piperidine rings is 1. The van der Waals surface area contributed by atoms with Gasteiger partial charge in [0.1, 0.15) is 11.6 Å². The molecule has 0 aromatic heterocycles. The van der Waals surface area contributed by atoms with Crippen molar-refractivity contribution in [2.45, 2.75) is 25.4 Å². The van der Waals surface area contributed by atoms with E-state index in [0.29, 0.717) is 11.4 Å². The smallest absolute Gasteiger partial charge is 0.265 e. The second-order valence-corrected chi connectivity index (χ2v) is 7.92. The van der Waals surface area contributed by atoms with Gasteiger partial charge in [-0.15, -0.1) is 0 Å². The predicted molar refractivity (Wildman–Crippen MR) is 114 cm³/mol. The molecule has 0 bridgehead atoms. The Labute approximate surface area is 179 Å². The Morgan fingerprint density at radius 1 is 1.13 bits per heavy atom. The van der Waals surface area contributed by atoms with Crippen LogP contribution in [0.4, 0.5) is 15.8 Å². The summed E-state index contributed by atoms with van der Waals surface area (Å²) in [6.07, 6.45) is 2.48. The first-order valence-electron chi connectivity index (χ1n) is 10.1. The van der Waals surface area contributed by atoms with Crippen LogP contribution in [0.1, 0.15) is 19.3 Å². The van der Waals surface area contributed by atoms with Gasteiger partial charge in [-0.25, -0.2) is 4.39 Å². The highest BCUT2D eigenvalue weighted by molar-refractivity contribution is 6.31. The zero-order valence-corrected chi connectivity index (χ0v) is 17.2. The minimum Gasteiger partial charge on any atom is -0.477 e. The average Bonchev–Trinajstić information content (AvgIpc) is 2.76. The fourth-order valence-corrected chi connectivity index (χ4v) is 4.03. The number of para-hydroxylation sites is 2. The van der Waals surface area contributed by atoms with Gasteiger partial charge in [0.2, 0.25) is 5.91 Å². The third kappa shape index (κ3) is 4.51. The maximum atomic E-state index is 13.3. The third-order valence-electron chi connectivity index (χ3n) is 5.34. The van der Waals surface area contributed by atoms with Crippen molar-refractivity contribution in [3.05, 3.63) is 53.3 Å². The van der Waals surface area contributed by atoms with E-state index >= 15 is 0 Å². The Bertz CT molecular complexity index is 949. The SMILES string of the molecule is O=C(CN1C[C@H](C(=O)N2CCCCC2)Oc2ccccc21)Nc1ccc(F)c(Cl)c1. The Morgan fingerprint density at radius 3 is 2.67 bits per heavy atom. The highest BCUT2D eigenvalue weighted by Gasteiger charge is 2.34. The maximum absolute atomic E-state index is 13.3. The van der Waals surface area contributed by atoms with Crippen LogP contribution in [0.3, 0.4) is 0 Å². The largest absolute Gasteiger partial charge is 0.477 e. The monoisotopic (exact) mass is 431 g/mol. The molecule has 0 radical (unpaired) electrons. The molecule has 1 N–H and O–H groups in total. The topological polar surface area (TPSA) is 61.9 Å². The van der Waals surface area contributed by atoms with E-state index in [4.69, 9.17) is 16.3 Å². The molecule has 2 heterocycles. The minimum absolute atomic E-state index is 0.0269. The van der Waals surface area contributed by atoms with Crippen LogP contribution < -0.4 is 15.0 Å². The Kier molecular flexibility index (Phi) is 6.08. The lowest BCUT2D eigenvalue weighted by molar-refractivity contribution is -0.139. The summed E-state index contributed by atoms with van der Waals surface area (Å²) in [5.41, 5.74) is 1.17. The lowest BCUT2D eigenvalue weighted by Gasteiger charge is -2.38.